The Hall–Kier alpha value is 0.0200. The molecule has 0 saturated carbocycles. The lowest BCUT2D eigenvalue weighted by molar-refractivity contribution is 0.407. The predicted molar refractivity (Wildman–Crippen MR) is 34.8 cm³/mol. The maximum atomic E-state index is 8.67. The maximum absolute atomic E-state index is 8.67. The fourth-order valence-electron chi connectivity index (χ4n) is 0.0967. The third-order valence-electron chi connectivity index (χ3n) is 0.818. The molecule has 0 aromatic carbocycles. The summed E-state index contributed by atoms with van der Waals surface area (Å²) < 4.78 is 0. The molecule has 0 rings (SSSR count). The smallest absolute Gasteiger partial charge is 0.0889 e. The van der Waals surface area contributed by atoms with E-state index in [0.29, 0.717) is 5.76 Å². The zero-order valence-electron chi connectivity index (χ0n) is 4.53. The summed E-state index contributed by atoms with van der Waals surface area (Å²) >= 11 is 3.20. The average molecular weight is 165 g/mol. The Morgan fingerprint density at radius 3 is 2.00 bits per heavy atom. The minimum absolute atomic E-state index is 0.414. The fourth-order valence-corrected chi connectivity index (χ4v) is 0.502. The van der Waals surface area contributed by atoms with E-state index >= 15 is 0 Å². The molecule has 0 radical (unpaired) electrons. The Balaban J connectivity index is 3.72. The standard InChI is InChI=1S/C5H9BrO/c1-4(3-6)5(2)7/h7H,3H2,1-2H3/b5-4-. The van der Waals surface area contributed by atoms with Crippen molar-refractivity contribution in [3.05, 3.63) is 11.3 Å². The van der Waals surface area contributed by atoms with E-state index in [2.05, 4.69) is 15.9 Å². The number of halogens is 1. The van der Waals surface area contributed by atoms with Crippen LogP contribution >= 0.6 is 15.9 Å². The van der Waals surface area contributed by atoms with Gasteiger partial charge in [0.05, 0.1) is 5.76 Å². The first-order valence-corrected chi connectivity index (χ1v) is 3.22. The van der Waals surface area contributed by atoms with E-state index in [1.165, 1.54) is 0 Å². The van der Waals surface area contributed by atoms with Gasteiger partial charge in [-0.3, -0.25) is 0 Å². The van der Waals surface area contributed by atoms with E-state index in [0.717, 1.165) is 10.9 Å². The molecule has 2 heteroatoms. The first-order valence-electron chi connectivity index (χ1n) is 2.09. The van der Waals surface area contributed by atoms with Crippen LogP contribution in [-0.4, -0.2) is 10.4 Å². The summed E-state index contributed by atoms with van der Waals surface area (Å²) in [5, 5.41) is 9.43. The minimum Gasteiger partial charge on any atom is -0.513 e. The van der Waals surface area contributed by atoms with E-state index in [1.807, 2.05) is 6.92 Å². The predicted octanol–water partition coefficient (Wildman–Crippen LogP) is 2.23. The Bertz CT molecular complexity index is 82.1. The summed E-state index contributed by atoms with van der Waals surface area (Å²) in [7, 11) is 0. The van der Waals surface area contributed by atoms with Gasteiger partial charge in [0, 0.05) is 5.33 Å². The van der Waals surface area contributed by atoms with Crippen molar-refractivity contribution in [2.75, 3.05) is 5.33 Å². The Morgan fingerprint density at radius 2 is 2.00 bits per heavy atom. The van der Waals surface area contributed by atoms with Crippen LogP contribution < -0.4 is 0 Å². The van der Waals surface area contributed by atoms with Crippen molar-refractivity contribution < 1.29 is 5.11 Å². The fraction of sp³-hybridized carbons (Fsp3) is 0.600. The van der Waals surface area contributed by atoms with Crippen LogP contribution in [0.2, 0.25) is 0 Å². The molecule has 1 nitrogen and oxygen atoms in total. The monoisotopic (exact) mass is 164 g/mol. The lowest BCUT2D eigenvalue weighted by atomic mass is 10.3. The second kappa shape index (κ2) is 3.08. The third-order valence-corrected chi connectivity index (χ3v) is 1.66. The Morgan fingerprint density at radius 1 is 1.57 bits per heavy atom. The Kier molecular flexibility index (Phi) is 3.09. The van der Waals surface area contributed by atoms with Crippen molar-refractivity contribution in [1.29, 1.82) is 0 Å². The highest BCUT2D eigenvalue weighted by atomic mass is 79.9. The van der Waals surface area contributed by atoms with Gasteiger partial charge < -0.3 is 5.11 Å². The topological polar surface area (TPSA) is 20.2 Å². The normalized spacial score (nSPS) is 13.6. The number of aliphatic hydroxyl groups excluding tert-OH is 1. The number of allylic oxidation sites excluding steroid dienone is 2. The minimum atomic E-state index is 0.414. The van der Waals surface area contributed by atoms with E-state index in [1.54, 1.807) is 6.92 Å². The largest absolute Gasteiger partial charge is 0.513 e. The van der Waals surface area contributed by atoms with Crippen LogP contribution in [0.25, 0.3) is 0 Å². The summed E-state index contributed by atoms with van der Waals surface area (Å²) in [5.41, 5.74) is 0.986. The number of rotatable bonds is 1. The first-order chi connectivity index (χ1) is 3.18. The highest BCUT2D eigenvalue weighted by Gasteiger charge is 1.87. The molecule has 0 fully saturated rings. The van der Waals surface area contributed by atoms with E-state index < -0.39 is 0 Å². The second-order valence-corrected chi connectivity index (χ2v) is 2.06. The summed E-state index contributed by atoms with van der Waals surface area (Å²) in [6.07, 6.45) is 0. The lowest BCUT2D eigenvalue weighted by Gasteiger charge is -1.92. The lowest BCUT2D eigenvalue weighted by Crippen LogP contribution is -1.81. The molecule has 0 atom stereocenters. The SMILES string of the molecule is C/C(O)=C(\C)CBr. The summed E-state index contributed by atoms with van der Waals surface area (Å²) in [4.78, 5) is 0. The molecule has 0 amide bonds. The number of alkyl halides is 1. The van der Waals surface area contributed by atoms with Crippen LogP contribution in [0.4, 0.5) is 0 Å². The van der Waals surface area contributed by atoms with Gasteiger partial charge in [-0.15, -0.1) is 0 Å². The van der Waals surface area contributed by atoms with Crippen molar-refractivity contribution in [3.63, 3.8) is 0 Å². The number of hydrogen-bond donors (Lipinski definition) is 1. The van der Waals surface area contributed by atoms with Crippen LogP contribution in [0.15, 0.2) is 11.3 Å². The van der Waals surface area contributed by atoms with Crippen LogP contribution in [0.5, 0.6) is 0 Å². The molecule has 1 N–H and O–H groups in total. The average Bonchev–Trinajstić information content (AvgIpc) is 1.65. The first kappa shape index (κ1) is 7.02. The highest BCUT2D eigenvalue weighted by Crippen LogP contribution is 2.01. The van der Waals surface area contributed by atoms with E-state index in [4.69, 9.17) is 5.11 Å². The van der Waals surface area contributed by atoms with Gasteiger partial charge in [0.1, 0.15) is 0 Å². The molecule has 7 heavy (non-hydrogen) atoms. The molecule has 0 unspecified atom stereocenters. The van der Waals surface area contributed by atoms with Crippen LogP contribution in [0.3, 0.4) is 0 Å². The summed E-state index contributed by atoms with van der Waals surface area (Å²) in [5.74, 6) is 0.414. The molecule has 0 aliphatic rings. The molecule has 0 saturated heterocycles. The summed E-state index contributed by atoms with van der Waals surface area (Å²) in [6, 6.07) is 0. The zero-order chi connectivity index (χ0) is 5.86. The van der Waals surface area contributed by atoms with Gasteiger partial charge in [-0.05, 0) is 19.4 Å². The third kappa shape index (κ3) is 2.68. The van der Waals surface area contributed by atoms with Gasteiger partial charge in [-0.25, -0.2) is 0 Å². The molecule has 0 aromatic rings. The van der Waals surface area contributed by atoms with Crippen LogP contribution in [0, 0.1) is 0 Å². The van der Waals surface area contributed by atoms with Crippen LogP contribution in [0.1, 0.15) is 13.8 Å². The highest BCUT2D eigenvalue weighted by molar-refractivity contribution is 9.09. The molecule has 42 valence electrons. The van der Waals surface area contributed by atoms with Crippen molar-refractivity contribution >= 4 is 15.9 Å². The van der Waals surface area contributed by atoms with Crippen molar-refractivity contribution in [3.8, 4) is 0 Å². The molecule has 0 aliphatic heterocycles. The molecule has 0 spiro atoms. The quantitative estimate of drug-likeness (QED) is 0.466. The molecule has 0 heterocycles. The number of hydrogen-bond acceptors (Lipinski definition) is 1. The van der Waals surface area contributed by atoms with Gasteiger partial charge in [0.15, 0.2) is 0 Å². The zero-order valence-corrected chi connectivity index (χ0v) is 6.12. The molecule has 0 aromatic heterocycles. The van der Waals surface area contributed by atoms with Crippen molar-refractivity contribution in [1.82, 2.24) is 0 Å². The van der Waals surface area contributed by atoms with Gasteiger partial charge >= 0.3 is 0 Å². The van der Waals surface area contributed by atoms with Gasteiger partial charge in [-0.1, -0.05) is 15.9 Å². The molecule has 0 bridgehead atoms. The maximum Gasteiger partial charge on any atom is 0.0889 e. The van der Waals surface area contributed by atoms with E-state index in [9.17, 15) is 0 Å². The Labute approximate surface area is 52.2 Å². The second-order valence-electron chi connectivity index (χ2n) is 1.50. The number of aliphatic hydroxyl groups is 1. The van der Waals surface area contributed by atoms with Crippen LogP contribution in [-0.2, 0) is 0 Å². The molecule has 0 aliphatic carbocycles. The van der Waals surface area contributed by atoms with Crippen molar-refractivity contribution in [2.24, 2.45) is 0 Å². The molecular formula is C5H9BrO. The van der Waals surface area contributed by atoms with E-state index in [-0.39, 0.29) is 0 Å². The van der Waals surface area contributed by atoms with Gasteiger partial charge in [0.25, 0.3) is 0 Å². The van der Waals surface area contributed by atoms with Gasteiger partial charge in [0.2, 0.25) is 0 Å². The molecular weight excluding hydrogens is 156 g/mol. The van der Waals surface area contributed by atoms with Gasteiger partial charge in [-0.2, -0.15) is 0 Å². The summed E-state index contributed by atoms with van der Waals surface area (Å²) in [6.45, 7) is 3.56. The van der Waals surface area contributed by atoms with Crippen molar-refractivity contribution in [2.45, 2.75) is 13.8 Å².